The Bertz CT molecular complexity index is 1300. The summed E-state index contributed by atoms with van der Waals surface area (Å²) in [6, 6.07) is 10.4. The van der Waals surface area contributed by atoms with E-state index in [4.69, 9.17) is 4.74 Å². The van der Waals surface area contributed by atoms with Crippen LogP contribution in [0.3, 0.4) is 0 Å². The average molecular weight is 464 g/mol. The number of rotatable bonds is 3. The minimum atomic E-state index is -3.69. The molecule has 1 saturated heterocycles. The summed E-state index contributed by atoms with van der Waals surface area (Å²) in [7, 11) is -2.04. The van der Waals surface area contributed by atoms with Gasteiger partial charge < -0.3 is 9.30 Å². The van der Waals surface area contributed by atoms with Crippen LogP contribution in [0.25, 0.3) is 10.2 Å². The lowest BCUT2D eigenvalue weighted by Gasteiger charge is -2.34. The van der Waals surface area contributed by atoms with Gasteiger partial charge >= 0.3 is 0 Å². The van der Waals surface area contributed by atoms with Crippen LogP contribution in [-0.2, 0) is 21.8 Å². The zero-order valence-corrected chi connectivity index (χ0v) is 18.9. The van der Waals surface area contributed by atoms with Gasteiger partial charge in [-0.1, -0.05) is 17.4 Å². The van der Waals surface area contributed by atoms with Crippen molar-refractivity contribution in [3.63, 3.8) is 0 Å². The van der Waals surface area contributed by atoms with Crippen LogP contribution >= 0.6 is 11.3 Å². The zero-order valence-electron chi connectivity index (χ0n) is 17.3. The molecule has 1 amide bonds. The van der Waals surface area contributed by atoms with Gasteiger partial charge in [0.15, 0.2) is 4.80 Å². The molecule has 0 N–H and O–H groups in total. The third kappa shape index (κ3) is 4.20. The Morgan fingerprint density at radius 2 is 1.77 bits per heavy atom. The minimum Gasteiger partial charge on any atom is -0.373 e. The van der Waals surface area contributed by atoms with E-state index in [0.717, 1.165) is 0 Å². The number of aromatic nitrogens is 1. The third-order valence-corrected chi connectivity index (χ3v) is 8.04. The van der Waals surface area contributed by atoms with Gasteiger partial charge in [-0.2, -0.15) is 9.30 Å². The largest absolute Gasteiger partial charge is 0.373 e. The zero-order chi connectivity index (χ0) is 22.3. The molecule has 1 aliphatic rings. The number of sulfonamides is 1. The Morgan fingerprint density at radius 3 is 2.39 bits per heavy atom. The van der Waals surface area contributed by atoms with E-state index < -0.39 is 15.9 Å². The summed E-state index contributed by atoms with van der Waals surface area (Å²) in [5.74, 6) is -0.911. The lowest BCUT2D eigenvalue weighted by atomic mass is 10.2. The number of para-hydroxylation sites is 1. The highest BCUT2D eigenvalue weighted by molar-refractivity contribution is 7.89. The van der Waals surface area contributed by atoms with Crippen LogP contribution in [-0.4, -0.2) is 48.5 Å². The number of benzene rings is 2. The smallest absolute Gasteiger partial charge is 0.279 e. The number of amides is 1. The van der Waals surface area contributed by atoms with Crippen molar-refractivity contribution in [3.05, 3.63) is 58.6 Å². The molecule has 0 saturated carbocycles. The molecule has 10 heteroatoms. The molecule has 2 heterocycles. The molecular weight excluding hydrogens is 441 g/mol. The van der Waals surface area contributed by atoms with E-state index in [9.17, 15) is 17.6 Å². The Hall–Kier alpha value is -2.40. The van der Waals surface area contributed by atoms with E-state index in [1.54, 1.807) is 19.2 Å². The second-order valence-corrected chi connectivity index (χ2v) is 10.5. The molecule has 2 atom stereocenters. The number of fused-ring (bicyclic) bond motifs is 1. The molecule has 4 rings (SSSR count). The van der Waals surface area contributed by atoms with Gasteiger partial charge in [-0.3, -0.25) is 4.79 Å². The van der Waals surface area contributed by atoms with Gasteiger partial charge in [0.2, 0.25) is 10.0 Å². The van der Waals surface area contributed by atoms with Crippen LogP contribution in [0, 0.1) is 5.82 Å². The first-order chi connectivity index (χ1) is 14.7. The van der Waals surface area contributed by atoms with E-state index in [2.05, 4.69) is 4.99 Å². The van der Waals surface area contributed by atoms with E-state index in [0.29, 0.717) is 15.0 Å². The Labute approximate surface area is 183 Å². The summed E-state index contributed by atoms with van der Waals surface area (Å²) >= 11 is 1.21. The van der Waals surface area contributed by atoms with Gasteiger partial charge in [-0.15, -0.1) is 0 Å². The van der Waals surface area contributed by atoms with Gasteiger partial charge in [0, 0.05) is 25.7 Å². The first-order valence-corrected chi connectivity index (χ1v) is 12.0. The van der Waals surface area contributed by atoms with Crippen molar-refractivity contribution in [3.8, 4) is 0 Å². The molecule has 1 aliphatic heterocycles. The van der Waals surface area contributed by atoms with Crippen LogP contribution in [0.1, 0.15) is 24.2 Å². The number of hydrogen-bond acceptors (Lipinski definition) is 5. The number of ether oxygens (including phenoxy) is 1. The van der Waals surface area contributed by atoms with E-state index in [1.165, 1.54) is 50.5 Å². The highest BCUT2D eigenvalue weighted by Gasteiger charge is 2.32. The number of halogens is 1. The molecule has 31 heavy (non-hydrogen) atoms. The predicted molar refractivity (Wildman–Crippen MR) is 116 cm³/mol. The number of nitrogens with zero attached hydrogens (tertiary/aromatic N) is 3. The molecule has 1 aromatic heterocycles. The number of carbonyl (C=O) groups is 1. The third-order valence-electron chi connectivity index (χ3n) is 5.10. The van der Waals surface area contributed by atoms with E-state index in [1.807, 2.05) is 13.8 Å². The molecule has 164 valence electrons. The Morgan fingerprint density at radius 1 is 1.13 bits per heavy atom. The maximum atomic E-state index is 14.1. The van der Waals surface area contributed by atoms with Crippen molar-refractivity contribution >= 4 is 37.5 Å². The minimum absolute atomic E-state index is 0.111. The number of morpholine rings is 1. The fourth-order valence-corrected chi connectivity index (χ4v) is 6.28. The Balaban J connectivity index is 1.61. The van der Waals surface area contributed by atoms with Gasteiger partial charge in [-0.05, 0) is 50.2 Å². The second kappa shape index (κ2) is 8.27. The molecule has 2 unspecified atom stereocenters. The topological polar surface area (TPSA) is 81.0 Å². The lowest BCUT2D eigenvalue weighted by molar-refractivity contribution is -0.0440. The average Bonchev–Trinajstić information content (AvgIpc) is 3.04. The van der Waals surface area contributed by atoms with Crippen LogP contribution in [0.4, 0.5) is 4.39 Å². The number of thiazole rings is 1. The molecule has 3 aromatic rings. The fraction of sp³-hybridized carbons (Fsp3) is 0.333. The number of aryl methyl sites for hydroxylation is 1. The molecule has 0 radical (unpaired) electrons. The highest BCUT2D eigenvalue weighted by atomic mass is 32.2. The number of carbonyl (C=O) groups excluding carboxylic acids is 1. The van der Waals surface area contributed by atoms with Crippen LogP contribution < -0.4 is 4.80 Å². The second-order valence-electron chi connectivity index (χ2n) is 7.55. The van der Waals surface area contributed by atoms with E-state index in [-0.39, 0.29) is 41.6 Å². The van der Waals surface area contributed by atoms with Crippen molar-refractivity contribution in [2.45, 2.75) is 31.0 Å². The maximum absolute atomic E-state index is 14.1. The highest BCUT2D eigenvalue weighted by Crippen LogP contribution is 2.22. The predicted octanol–water partition coefficient (Wildman–Crippen LogP) is 2.92. The number of hydrogen-bond donors (Lipinski definition) is 0. The molecule has 7 nitrogen and oxygen atoms in total. The Kier molecular flexibility index (Phi) is 5.82. The lowest BCUT2D eigenvalue weighted by Crippen LogP contribution is -2.48. The van der Waals surface area contributed by atoms with Crippen molar-refractivity contribution in [1.29, 1.82) is 0 Å². The first kappa shape index (κ1) is 21.8. The van der Waals surface area contributed by atoms with Gasteiger partial charge in [0.05, 0.1) is 27.3 Å². The van der Waals surface area contributed by atoms with Crippen molar-refractivity contribution in [2.75, 3.05) is 13.1 Å². The van der Waals surface area contributed by atoms with Crippen LogP contribution in [0.15, 0.2) is 52.4 Å². The summed E-state index contributed by atoms with van der Waals surface area (Å²) < 4.78 is 49.2. The van der Waals surface area contributed by atoms with Gasteiger partial charge in [0.25, 0.3) is 5.91 Å². The van der Waals surface area contributed by atoms with Gasteiger partial charge in [0.1, 0.15) is 5.82 Å². The first-order valence-electron chi connectivity index (χ1n) is 9.75. The SMILES string of the molecule is CC1CN(S(=O)(=O)c2ccc(C(=O)N=c3sc4cccc(F)c4n3C)cc2)CC(C)O1. The van der Waals surface area contributed by atoms with Gasteiger partial charge in [-0.25, -0.2) is 12.8 Å². The normalized spacial score (nSPS) is 21.0. The van der Waals surface area contributed by atoms with Crippen LogP contribution in [0.5, 0.6) is 0 Å². The van der Waals surface area contributed by atoms with Crippen LogP contribution in [0.2, 0.25) is 0 Å². The standard InChI is InChI=1S/C21H22FN3O4S2/c1-13-11-25(12-14(2)29-13)31(27,28)16-9-7-15(8-10-16)20(26)23-21-24(3)19-17(22)5-4-6-18(19)30-21/h4-10,13-14H,11-12H2,1-3H3. The molecule has 0 spiro atoms. The monoisotopic (exact) mass is 463 g/mol. The van der Waals surface area contributed by atoms with Crippen molar-refractivity contribution < 1.29 is 22.3 Å². The summed E-state index contributed by atoms with van der Waals surface area (Å²) in [5, 5.41) is 0. The van der Waals surface area contributed by atoms with E-state index >= 15 is 0 Å². The summed E-state index contributed by atoms with van der Waals surface area (Å²) in [6.45, 7) is 4.23. The quantitative estimate of drug-likeness (QED) is 0.598. The molecular formula is C21H22FN3O4S2. The van der Waals surface area contributed by atoms with Crippen molar-refractivity contribution in [2.24, 2.45) is 12.0 Å². The molecule has 0 aliphatic carbocycles. The maximum Gasteiger partial charge on any atom is 0.279 e. The molecule has 2 aromatic carbocycles. The fourth-order valence-electron chi connectivity index (χ4n) is 3.66. The summed E-state index contributed by atoms with van der Waals surface area (Å²) in [4.78, 5) is 17.2. The summed E-state index contributed by atoms with van der Waals surface area (Å²) in [6.07, 6.45) is -0.380. The van der Waals surface area contributed by atoms with Crippen molar-refractivity contribution in [1.82, 2.24) is 8.87 Å². The molecule has 1 fully saturated rings. The summed E-state index contributed by atoms with van der Waals surface area (Å²) in [5.41, 5.74) is 0.634. The molecule has 0 bridgehead atoms.